The molecular weight excluding hydrogens is 368 g/mol. The zero-order chi connectivity index (χ0) is 19.4. The molecule has 7 nitrogen and oxygen atoms in total. The summed E-state index contributed by atoms with van der Waals surface area (Å²) >= 11 is 1.12. The highest BCUT2D eigenvalue weighted by atomic mass is 32.2. The standard InChI is InChI=1S/C19H14N2O5S/c1-26-19(23)16-17(22)15(11-12-7-9-14(10-8-12)21(24)25)27-18(16)20-13-5-3-2-4-6-13/h2-11,22H,1H3. The quantitative estimate of drug-likeness (QED) is 0.478. The highest BCUT2D eigenvalue weighted by molar-refractivity contribution is 8.18. The number of nitro groups is 1. The number of aliphatic hydroxyl groups is 1. The third-order valence-electron chi connectivity index (χ3n) is 3.67. The lowest BCUT2D eigenvalue weighted by Gasteiger charge is -2.01. The number of non-ortho nitro benzene ring substituents is 1. The first-order valence-electron chi connectivity index (χ1n) is 7.79. The molecule has 0 spiro atoms. The fraction of sp³-hybridized carbons (Fsp3) is 0.0526. The summed E-state index contributed by atoms with van der Waals surface area (Å²) in [5.41, 5.74) is 1.22. The number of benzene rings is 2. The van der Waals surface area contributed by atoms with Crippen LogP contribution >= 0.6 is 11.8 Å². The third-order valence-corrected chi connectivity index (χ3v) is 4.69. The number of thioether (sulfide) groups is 1. The molecule has 136 valence electrons. The van der Waals surface area contributed by atoms with Gasteiger partial charge in [0.25, 0.3) is 5.69 Å². The number of hydrogen-bond donors (Lipinski definition) is 1. The molecule has 3 rings (SSSR count). The number of esters is 1. The lowest BCUT2D eigenvalue weighted by Crippen LogP contribution is -2.10. The van der Waals surface area contributed by atoms with Crippen LogP contribution in [0, 0.1) is 10.1 Å². The van der Waals surface area contributed by atoms with Gasteiger partial charge in [0.2, 0.25) is 0 Å². The molecule has 0 aromatic heterocycles. The highest BCUT2D eigenvalue weighted by Gasteiger charge is 2.32. The second-order valence-corrected chi connectivity index (χ2v) is 6.46. The molecule has 0 unspecified atom stereocenters. The number of nitrogens with zero attached hydrogens (tertiary/aromatic N) is 2. The summed E-state index contributed by atoms with van der Waals surface area (Å²) in [4.78, 5) is 27.2. The predicted molar refractivity (Wildman–Crippen MR) is 104 cm³/mol. The molecule has 0 bridgehead atoms. The van der Waals surface area contributed by atoms with E-state index in [4.69, 9.17) is 4.74 Å². The van der Waals surface area contributed by atoms with Gasteiger partial charge in [-0.1, -0.05) is 30.0 Å². The first-order chi connectivity index (χ1) is 13.0. The van der Waals surface area contributed by atoms with Crippen LogP contribution in [0.1, 0.15) is 5.56 Å². The molecule has 0 amide bonds. The van der Waals surface area contributed by atoms with Crippen molar-refractivity contribution in [3.8, 4) is 0 Å². The van der Waals surface area contributed by atoms with E-state index in [1.54, 1.807) is 30.3 Å². The lowest BCUT2D eigenvalue weighted by atomic mass is 10.1. The van der Waals surface area contributed by atoms with E-state index < -0.39 is 10.9 Å². The van der Waals surface area contributed by atoms with Gasteiger partial charge in [-0.3, -0.25) is 10.1 Å². The zero-order valence-electron chi connectivity index (χ0n) is 14.2. The molecule has 0 saturated carbocycles. The molecule has 0 saturated heterocycles. The number of methoxy groups -OCH3 is 1. The number of rotatable bonds is 4. The summed E-state index contributed by atoms with van der Waals surface area (Å²) in [6.45, 7) is 0. The van der Waals surface area contributed by atoms with Gasteiger partial charge in [-0.2, -0.15) is 0 Å². The Morgan fingerprint density at radius 3 is 2.44 bits per heavy atom. The van der Waals surface area contributed by atoms with Gasteiger partial charge in [0.1, 0.15) is 16.4 Å². The van der Waals surface area contributed by atoms with Crippen LogP contribution in [0.15, 0.2) is 75.8 Å². The van der Waals surface area contributed by atoms with Gasteiger partial charge in [-0.05, 0) is 35.9 Å². The molecule has 0 atom stereocenters. The van der Waals surface area contributed by atoms with Crippen molar-refractivity contribution in [1.29, 1.82) is 0 Å². The third kappa shape index (κ3) is 4.06. The molecule has 2 aromatic rings. The van der Waals surface area contributed by atoms with Gasteiger partial charge >= 0.3 is 5.97 Å². The van der Waals surface area contributed by atoms with Crippen LogP contribution in [0.2, 0.25) is 0 Å². The van der Waals surface area contributed by atoms with Crippen LogP contribution < -0.4 is 0 Å². The maximum Gasteiger partial charge on any atom is 0.344 e. The zero-order valence-corrected chi connectivity index (χ0v) is 15.0. The lowest BCUT2D eigenvalue weighted by molar-refractivity contribution is -0.384. The number of ether oxygens (including phenoxy) is 1. The Hall–Kier alpha value is -3.39. The topological polar surface area (TPSA) is 102 Å². The minimum Gasteiger partial charge on any atom is -0.506 e. The number of nitro benzene ring substituents is 1. The van der Waals surface area contributed by atoms with E-state index in [1.165, 1.54) is 19.2 Å². The second kappa shape index (κ2) is 7.88. The number of hydrogen-bond acceptors (Lipinski definition) is 7. The van der Waals surface area contributed by atoms with Crippen LogP contribution in [0.25, 0.3) is 6.08 Å². The molecule has 0 aliphatic carbocycles. The molecule has 27 heavy (non-hydrogen) atoms. The van der Waals surface area contributed by atoms with Crippen molar-refractivity contribution in [2.75, 3.05) is 7.11 Å². The van der Waals surface area contributed by atoms with Crippen LogP contribution in [0.5, 0.6) is 0 Å². The molecule has 8 heteroatoms. The fourth-order valence-electron chi connectivity index (χ4n) is 2.35. The Morgan fingerprint density at radius 2 is 1.85 bits per heavy atom. The summed E-state index contributed by atoms with van der Waals surface area (Å²) in [5.74, 6) is -0.929. The Morgan fingerprint density at radius 1 is 1.19 bits per heavy atom. The van der Waals surface area contributed by atoms with Crippen LogP contribution in [0.3, 0.4) is 0 Å². The van der Waals surface area contributed by atoms with E-state index in [9.17, 15) is 20.0 Å². The molecular formula is C19H14N2O5S. The summed E-state index contributed by atoms with van der Waals surface area (Å²) in [6, 6.07) is 14.9. The van der Waals surface area contributed by atoms with Gasteiger partial charge in [0, 0.05) is 12.1 Å². The molecule has 1 heterocycles. The maximum absolute atomic E-state index is 12.1. The predicted octanol–water partition coefficient (Wildman–Crippen LogP) is 4.40. The Balaban J connectivity index is 2.00. The normalized spacial score (nSPS) is 16.8. The van der Waals surface area contributed by atoms with E-state index in [-0.39, 0.29) is 17.0 Å². The van der Waals surface area contributed by atoms with Crippen molar-refractivity contribution in [2.45, 2.75) is 0 Å². The molecule has 1 aliphatic rings. The Bertz CT molecular complexity index is 979. The molecule has 1 N–H and O–H groups in total. The average Bonchev–Trinajstić information content (AvgIpc) is 2.97. The second-order valence-electron chi connectivity index (χ2n) is 5.43. The fourth-order valence-corrected chi connectivity index (χ4v) is 3.39. The van der Waals surface area contributed by atoms with Crippen molar-refractivity contribution in [3.05, 3.63) is 86.5 Å². The maximum atomic E-state index is 12.1. The summed E-state index contributed by atoms with van der Waals surface area (Å²) in [6.07, 6.45) is 1.63. The summed E-state index contributed by atoms with van der Waals surface area (Å²) in [7, 11) is 1.23. The smallest absolute Gasteiger partial charge is 0.344 e. The number of aliphatic hydroxyl groups excluding tert-OH is 1. The first kappa shape index (κ1) is 18.4. The van der Waals surface area contributed by atoms with E-state index in [1.807, 2.05) is 18.2 Å². The molecule has 0 radical (unpaired) electrons. The first-order valence-corrected chi connectivity index (χ1v) is 8.61. The number of aliphatic imine (C=N–C) groups is 1. The Labute approximate surface area is 158 Å². The van der Waals surface area contributed by atoms with Gasteiger partial charge in [0.05, 0.1) is 22.6 Å². The van der Waals surface area contributed by atoms with Crippen molar-refractivity contribution in [1.82, 2.24) is 0 Å². The Kier molecular flexibility index (Phi) is 5.37. The number of carbonyl (C=O) groups excluding carboxylic acids is 1. The van der Waals surface area contributed by atoms with Crippen LogP contribution in [0.4, 0.5) is 11.4 Å². The van der Waals surface area contributed by atoms with Crippen LogP contribution in [-0.2, 0) is 9.53 Å². The SMILES string of the molecule is COC(=O)C1=C(O)C(=Cc2ccc([N+](=O)[O-])cc2)SC1=Nc1ccccc1. The van der Waals surface area contributed by atoms with Crippen LogP contribution in [-0.4, -0.2) is 28.2 Å². The van der Waals surface area contributed by atoms with E-state index in [0.29, 0.717) is 21.2 Å². The van der Waals surface area contributed by atoms with Gasteiger partial charge in [-0.15, -0.1) is 0 Å². The van der Waals surface area contributed by atoms with Gasteiger partial charge in [-0.25, -0.2) is 9.79 Å². The number of carbonyl (C=O) groups is 1. The van der Waals surface area contributed by atoms with E-state index in [2.05, 4.69) is 4.99 Å². The molecule has 1 aliphatic heterocycles. The molecule has 2 aromatic carbocycles. The highest BCUT2D eigenvalue weighted by Crippen LogP contribution is 2.40. The molecule has 0 fully saturated rings. The van der Waals surface area contributed by atoms with Gasteiger partial charge < -0.3 is 9.84 Å². The number of para-hydroxylation sites is 1. The van der Waals surface area contributed by atoms with Crippen molar-refractivity contribution < 1.29 is 19.6 Å². The van der Waals surface area contributed by atoms with Crippen molar-refractivity contribution >= 4 is 40.2 Å². The van der Waals surface area contributed by atoms with E-state index >= 15 is 0 Å². The van der Waals surface area contributed by atoms with E-state index in [0.717, 1.165) is 11.8 Å². The minimum atomic E-state index is -0.693. The monoisotopic (exact) mass is 382 g/mol. The largest absolute Gasteiger partial charge is 0.506 e. The van der Waals surface area contributed by atoms with Gasteiger partial charge in [0.15, 0.2) is 0 Å². The average molecular weight is 382 g/mol. The van der Waals surface area contributed by atoms with Crippen molar-refractivity contribution in [3.63, 3.8) is 0 Å². The summed E-state index contributed by atoms with van der Waals surface area (Å²) < 4.78 is 4.76. The van der Waals surface area contributed by atoms with Crippen molar-refractivity contribution in [2.24, 2.45) is 4.99 Å². The summed E-state index contributed by atoms with van der Waals surface area (Å²) in [5, 5.41) is 21.6. The minimum absolute atomic E-state index is 0.0143.